The van der Waals surface area contributed by atoms with E-state index in [0.717, 1.165) is 82.8 Å². The quantitative estimate of drug-likeness (QED) is 0.331. The summed E-state index contributed by atoms with van der Waals surface area (Å²) in [4.78, 5) is 15.6. The molecule has 1 saturated carbocycles. The Morgan fingerprint density at radius 2 is 1.77 bits per heavy atom. The van der Waals surface area contributed by atoms with Crippen molar-refractivity contribution in [3.05, 3.63) is 71.8 Å². The fraction of sp³-hybridized carbons (Fsp3) is 0.375. The van der Waals surface area contributed by atoms with Crippen LogP contribution in [0.5, 0.6) is 11.5 Å². The van der Waals surface area contributed by atoms with Crippen LogP contribution in [-0.2, 0) is 10.2 Å². The Morgan fingerprint density at radius 1 is 1.00 bits per heavy atom. The number of carbonyl (C=O) groups excluding carboxylic acids is 1. The van der Waals surface area contributed by atoms with E-state index in [1.807, 2.05) is 18.2 Å². The van der Waals surface area contributed by atoms with Crippen molar-refractivity contribution in [3.8, 4) is 22.8 Å². The van der Waals surface area contributed by atoms with Gasteiger partial charge in [0.2, 0.25) is 5.91 Å². The number of benzene rings is 3. The molecule has 0 radical (unpaired) electrons. The maximum atomic E-state index is 13.1. The van der Waals surface area contributed by atoms with Crippen molar-refractivity contribution in [1.29, 1.82) is 0 Å². The van der Waals surface area contributed by atoms with Crippen molar-refractivity contribution >= 4 is 22.5 Å². The number of piperidine rings is 1. The summed E-state index contributed by atoms with van der Waals surface area (Å²) in [5.74, 6) is 1.89. The highest BCUT2D eigenvalue weighted by atomic mass is 16.5. The first kappa shape index (κ1) is 24.2. The second-order valence-electron chi connectivity index (χ2n) is 11.4. The number of nitrogens with one attached hydrogen (secondary N) is 2. The third-order valence-electron chi connectivity index (χ3n) is 8.95. The lowest BCUT2D eigenvalue weighted by Gasteiger charge is -2.34. The van der Waals surface area contributed by atoms with Gasteiger partial charge in [-0.1, -0.05) is 12.1 Å². The molecule has 7 heteroatoms. The number of fused-ring (bicyclic) bond motifs is 3. The number of ether oxygens (including phenoxy) is 2. The average molecular weight is 523 g/mol. The van der Waals surface area contributed by atoms with Crippen molar-refractivity contribution in [2.24, 2.45) is 0 Å². The molecule has 1 saturated heterocycles. The predicted molar refractivity (Wildman–Crippen MR) is 153 cm³/mol. The number of likely N-dealkylation sites (tertiary alicyclic amines) is 1. The maximum absolute atomic E-state index is 13.1. The molecule has 2 unspecified atom stereocenters. The van der Waals surface area contributed by atoms with Gasteiger partial charge in [0.15, 0.2) is 0 Å². The summed E-state index contributed by atoms with van der Waals surface area (Å²) in [5.41, 5.74) is 5.52. The van der Waals surface area contributed by atoms with E-state index in [2.05, 4.69) is 76.7 Å². The first-order valence-corrected chi connectivity index (χ1v) is 14.0. The van der Waals surface area contributed by atoms with Crippen LogP contribution >= 0.6 is 0 Å². The number of anilines is 1. The lowest BCUT2D eigenvalue weighted by Crippen LogP contribution is -2.41. The summed E-state index contributed by atoms with van der Waals surface area (Å²) in [6.07, 6.45) is 3.20. The van der Waals surface area contributed by atoms with E-state index in [9.17, 15) is 4.79 Å². The van der Waals surface area contributed by atoms with Gasteiger partial charge in [-0.05, 0) is 92.8 Å². The van der Waals surface area contributed by atoms with Crippen LogP contribution in [0.25, 0.3) is 22.2 Å². The molecule has 200 valence electrons. The zero-order chi connectivity index (χ0) is 26.7. The van der Waals surface area contributed by atoms with E-state index in [4.69, 9.17) is 9.47 Å². The number of methoxy groups -OCH3 is 1. The molecule has 7 nitrogen and oxygen atoms in total. The number of hydrogen-bond acceptors (Lipinski definition) is 5. The Hall–Kier alpha value is -3.84. The largest absolute Gasteiger partial charge is 0.497 e. The fourth-order valence-corrected chi connectivity index (χ4v) is 6.57. The normalized spacial score (nSPS) is 22.9. The SMILES string of the molecule is COc1ccc2c(c1)C1(CC1c1ccc3c(-c4ccc(OC5CCN(C(C)C)CC5)cc4)n[nH]c3c1)C(=O)N2. The smallest absolute Gasteiger partial charge is 0.235 e. The lowest BCUT2D eigenvalue weighted by atomic mass is 9.91. The highest BCUT2D eigenvalue weighted by Gasteiger charge is 2.65. The predicted octanol–water partition coefficient (Wildman–Crippen LogP) is 5.87. The van der Waals surface area contributed by atoms with Gasteiger partial charge >= 0.3 is 0 Å². The van der Waals surface area contributed by atoms with E-state index in [0.29, 0.717) is 6.04 Å². The Bertz CT molecular complexity index is 1550. The summed E-state index contributed by atoms with van der Waals surface area (Å²) in [6.45, 7) is 6.70. The average Bonchev–Trinajstić information content (AvgIpc) is 3.48. The second kappa shape index (κ2) is 9.12. The first-order chi connectivity index (χ1) is 19.0. The molecule has 1 spiro atoms. The molecule has 7 rings (SSSR count). The molecule has 3 heterocycles. The minimum atomic E-state index is -0.512. The Kier molecular flexibility index (Phi) is 5.67. The fourth-order valence-electron chi connectivity index (χ4n) is 6.57. The first-order valence-electron chi connectivity index (χ1n) is 14.0. The van der Waals surface area contributed by atoms with Gasteiger partial charge in [0.05, 0.1) is 23.7 Å². The van der Waals surface area contributed by atoms with Gasteiger partial charge in [0, 0.05) is 41.7 Å². The van der Waals surface area contributed by atoms with Crippen LogP contribution in [0.1, 0.15) is 50.2 Å². The zero-order valence-corrected chi connectivity index (χ0v) is 22.7. The van der Waals surface area contributed by atoms with Crippen LogP contribution < -0.4 is 14.8 Å². The highest BCUT2D eigenvalue weighted by molar-refractivity contribution is 6.10. The molecule has 4 aromatic rings. The van der Waals surface area contributed by atoms with Crippen molar-refractivity contribution in [2.75, 3.05) is 25.5 Å². The number of aromatic nitrogens is 2. The van der Waals surface area contributed by atoms with E-state index in [1.165, 1.54) is 0 Å². The Balaban J connectivity index is 1.08. The van der Waals surface area contributed by atoms with Crippen LogP contribution in [0.3, 0.4) is 0 Å². The molecule has 2 aliphatic heterocycles. The number of hydrogen-bond donors (Lipinski definition) is 2. The van der Waals surface area contributed by atoms with Gasteiger partial charge in [-0.15, -0.1) is 0 Å². The van der Waals surface area contributed by atoms with Crippen LogP contribution in [0.15, 0.2) is 60.7 Å². The van der Waals surface area contributed by atoms with Gasteiger partial charge in [-0.3, -0.25) is 9.89 Å². The second-order valence-corrected chi connectivity index (χ2v) is 11.4. The van der Waals surface area contributed by atoms with Gasteiger partial charge < -0.3 is 19.7 Å². The van der Waals surface area contributed by atoms with Crippen molar-refractivity contribution in [3.63, 3.8) is 0 Å². The molecule has 2 atom stereocenters. The van der Waals surface area contributed by atoms with Gasteiger partial charge in [0.25, 0.3) is 0 Å². The number of carbonyl (C=O) groups is 1. The molecule has 1 amide bonds. The minimum absolute atomic E-state index is 0.0777. The Morgan fingerprint density at radius 3 is 2.51 bits per heavy atom. The molecule has 1 aromatic heterocycles. The van der Waals surface area contributed by atoms with Gasteiger partial charge in [-0.25, -0.2) is 0 Å². The topological polar surface area (TPSA) is 79.5 Å². The number of H-pyrrole nitrogens is 1. The Labute approximate surface area is 228 Å². The highest BCUT2D eigenvalue weighted by Crippen LogP contribution is 2.65. The molecule has 39 heavy (non-hydrogen) atoms. The summed E-state index contributed by atoms with van der Waals surface area (Å²) in [7, 11) is 1.66. The molecular weight excluding hydrogens is 488 g/mol. The van der Waals surface area contributed by atoms with Crippen LogP contribution in [0, 0.1) is 0 Å². The van der Waals surface area contributed by atoms with Crippen LogP contribution in [0.2, 0.25) is 0 Å². The number of rotatable bonds is 6. The minimum Gasteiger partial charge on any atom is -0.497 e. The van der Waals surface area contributed by atoms with E-state index in [-0.39, 0.29) is 17.9 Å². The summed E-state index contributed by atoms with van der Waals surface area (Å²) < 4.78 is 11.7. The molecule has 2 fully saturated rings. The maximum Gasteiger partial charge on any atom is 0.235 e. The third-order valence-corrected chi connectivity index (χ3v) is 8.95. The zero-order valence-electron chi connectivity index (χ0n) is 22.7. The van der Waals surface area contributed by atoms with E-state index >= 15 is 0 Å². The lowest BCUT2D eigenvalue weighted by molar-refractivity contribution is -0.118. The molecule has 2 N–H and O–H groups in total. The summed E-state index contributed by atoms with van der Waals surface area (Å²) in [5, 5.41) is 12.0. The molecule has 3 aromatic carbocycles. The van der Waals surface area contributed by atoms with Crippen LogP contribution in [-0.4, -0.2) is 53.3 Å². The summed E-state index contributed by atoms with van der Waals surface area (Å²) >= 11 is 0. The molecule has 0 bridgehead atoms. The summed E-state index contributed by atoms with van der Waals surface area (Å²) in [6, 6.07) is 21.1. The monoisotopic (exact) mass is 522 g/mol. The van der Waals surface area contributed by atoms with Crippen molar-refractivity contribution < 1.29 is 14.3 Å². The standard InChI is InChI=1S/C32H34N4O3/c1-19(2)36-14-12-23(13-15-36)39-22-7-4-20(5-8-22)30-25-10-6-21(16-29(25)34-35-30)27-18-32(27)26-17-24(38-3)9-11-28(26)33-31(32)37/h4-11,16-17,19,23,27H,12-15,18H2,1-3H3,(H,33,37)(H,34,35). The number of amides is 1. The van der Waals surface area contributed by atoms with Crippen molar-refractivity contribution in [2.45, 2.75) is 56.6 Å². The van der Waals surface area contributed by atoms with E-state index < -0.39 is 5.41 Å². The van der Waals surface area contributed by atoms with Crippen LogP contribution in [0.4, 0.5) is 5.69 Å². The van der Waals surface area contributed by atoms with Crippen molar-refractivity contribution in [1.82, 2.24) is 15.1 Å². The molecule has 1 aliphatic carbocycles. The number of aromatic amines is 1. The molecule has 3 aliphatic rings. The molecular formula is C32H34N4O3. The van der Waals surface area contributed by atoms with Gasteiger partial charge in [-0.2, -0.15) is 5.10 Å². The van der Waals surface area contributed by atoms with Gasteiger partial charge in [0.1, 0.15) is 17.6 Å². The third kappa shape index (κ3) is 3.98. The number of nitrogens with zero attached hydrogens (tertiary/aromatic N) is 2. The van der Waals surface area contributed by atoms with E-state index in [1.54, 1.807) is 7.11 Å².